The second-order valence-corrected chi connectivity index (χ2v) is 3.93. The molecular formula is C12H19N3. The van der Waals surface area contributed by atoms with Crippen molar-refractivity contribution in [2.24, 2.45) is 10.7 Å². The molecule has 0 fully saturated rings. The van der Waals surface area contributed by atoms with Gasteiger partial charge in [0.1, 0.15) is 0 Å². The first kappa shape index (κ1) is 11.6. The third kappa shape index (κ3) is 2.98. The van der Waals surface area contributed by atoms with E-state index in [1.54, 1.807) is 0 Å². The van der Waals surface area contributed by atoms with Gasteiger partial charge in [-0.15, -0.1) is 0 Å². The Morgan fingerprint density at radius 1 is 1.33 bits per heavy atom. The van der Waals surface area contributed by atoms with Crippen molar-refractivity contribution in [3.63, 3.8) is 0 Å². The number of aliphatic imine (C=N–C) groups is 1. The number of nitrogens with two attached hydrogens (primary N) is 1. The van der Waals surface area contributed by atoms with Crippen LogP contribution in [0.1, 0.15) is 19.4 Å². The Bertz CT molecular complexity index is 356. The summed E-state index contributed by atoms with van der Waals surface area (Å²) < 4.78 is 0. The molecule has 0 aliphatic rings. The van der Waals surface area contributed by atoms with Crippen LogP contribution in [-0.4, -0.2) is 19.0 Å². The summed E-state index contributed by atoms with van der Waals surface area (Å²) in [5, 5.41) is 0. The molecule has 0 spiro atoms. The fourth-order valence-corrected chi connectivity index (χ4v) is 1.41. The predicted octanol–water partition coefficient (Wildman–Crippen LogP) is 2.15. The standard InChI is InChI=1S/C12H19N3/c1-9(2)14-12(13)15(4)11-8-6-5-7-10(11)3/h5-9H,1-4H3,(H2,13,14). The predicted molar refractivity (Wildman–Crippen MR) is 66.3 cm³/mol. The lowest BCUT2D eigenvalue weighted by Crippen LogP contribution is -2.35. The second-order valence-electron chi connectivity index (χ2n) is 3.93. The van der Waals surface area contributed by atoms with Gasteiger partial charge in [0.2, 0.25) is 0 Å². The minimum atomic E-state index is 0.219. The lowest BCUT2D eigenvalue weighted by atomic mass is 10.2. The van der Waals surface area contributed by atoms with E-state index >= 15 is 0 Å². The molecule has 2 N–H and O–H groups in total. The molecule has 0 amide bonds. The van der Waals surface area contributed by atoms with Crippen LogP contribution in [0.3, 0.4) is 0 Å². The molecule has 0 bridgehead atoms. The summed E-state index contributed by atoms with van der Waals surface area (Å²) in [5.41, 5.74) is 8.19. The maximum Gasteiger partial charge on any atom is 0.195 e. The number of guanidine groups is 1. The van der Waals surface area contributed by atoms with Gasteiger partial charge in [0, 0.05) is 18.8 Å². The molecule has 0 aromatic heterocycles. The van der Waals surface area contributed by atoms with Crippen LogP contribution in [0.4, 0.5) is 5.69 Å². The maximum absolute atomic E-state index is 5.89. The molecule has 0 aliphatic heterocycles. The van der Waals surface area contributed by atoms with Gasteiger partial charge in [0.25, 0.3) is 0 Å². The Morgan fingerprint density at radius 3 is 2.47 bits per heavy atom. The first-order valence-corrected chi connectivity index (χ1v) is 5.15. The number of aryl methyl sites for hydroxylation is 1. The second kappa shape index (κ2) is 4.82. The topological polar surface area (TPSA) is 41.6 Å². The normalized spacial score (nSPS) is 11.9. The van der Waals surface area contributed by atoms with Gasteiger partial charge in [-0.25, -0.2) is 0 Å². The third-order valence-electron chi connectivity index (χ3n) is 2.21. The van der Waals surface area contributed by atoms with Crippen molar-refractivity contribution in [3.8, 4) is 0 Å². The number of hydrogen-bond donors (Lipinski definition) is 1. The van der Waals surface area contributed by atoms with Crippen molar-refractivity contribution in [1.82, 2.24) is 0 Å². The maximum atomic E-state index is 5.89. The van der Waals surface area contributed by atoms with Gasteiger partial charge in [-0.05, 0) is 32.4 Å². The van der Waals surface area contributed by atoms with Gasteiger partial charge in [-0.1, -0.05) is 18.2 Å². The Labute approximate surface area is 91.6 Å². The average Bonchev–Trinajstić information content (AvgIpc) is 2.16. The molecule has 0 heterocycles. The number of rotatable bonds is 2. The van der Waals surface area contributed by atoms with Crippen LogP contribution in [0, 0.1) is 6.92 Å². The Kier molecular flexibility index (Phi) is 3.72. The van der Waals surface area contributed by atoms with Crippen LogP contribution in [0.2, 0.25) is 0 Å². The Hall–Kier alpha value is -1.51. The summed E-state index contributed by atoms with van der Waals surface area (Å²) >= 11 is 0. The van der Waals surface area contributed by atoms with Crippen LogP contribution in [0.5, 0.6) is 0 Å². The number of para-hydroxylation sites is 1. The van der Waals surface area contributed by atoms with Crippen molar-refractivity contribution in [1.29, 1.82) is 0 Å². The van der Waals surface area contributed by atoms with E-state index in [2.05, 4.69) is 18.0 Å². The van der Waals surface area contributed by atoms with Gasteiger partial charge in [0.15, 0.2) is 5.96 Å². The van der Waals surface area contributed by atoms with Crippen LogP contribution in [0.25, 0.3) is 0 Å². The van der Waals surface area contributed by atoms with Crippen LogP contribution in [0.15, 0.2) is 29.3 Å². The highest BCUT2D eigenvalue weighted by atomic mass is 15.2. The zero-order valence-corrected chi connectivity index (χ0v) is 9.86. The zero-order chi connectivity index (χ0) is 11.4. The first-order chi connectivity index (χ1) is 7.02. The molecule has 0 aliphatic carbocycles. The number of benzene rings is 1. The highest BCUT2D eigenvalue weighted by molar-refractivity contribution is 5.95. The molecule has 15 heavy (non-hydrogen) atoms. The largest absolute Gasteiger partial charge is 0.370 e. The molecule has 0 atom stereocenters. The SMILES string of the molecule is Cc1ccccc1N(C)C(N)=NC(C)C. The molecule has 1 aromatic rings. The fourth-order valence-electron chi connectivity index (χ4n) is 1.41. The summed E-state index contributed by atoms with van der Waals surface area (Å²) in [4.78, 5) is 6.23. The van der Waals surface area contributed by atoms with Gasteiger partial charge in [-0.2, -0.15) is 0 Å². The monoisotopic (exact) mass is 205 g/mol. The summed E-state index contributed by atoms with van der Waals surface area (Å²) in [6.07, 6.45) is 0. The van der Waals surface area contributed by atoms with Crippen LogP contribution in [-0.2, 0) is 0 Å². The average molecular weight is 205 g/mol. The molecule has 0 saturated carbocycles. The first-order valence-electron chi connectivity index (χ1n) is 5.15. The number of anilines is 1. The molecule has 1 aromatic carbocycles. The van der Waals surface area contributed by atoms with E-state index in [1.807, 2.05) is 44.0 Å². The summed E-state index contributed by atoms with van der Waals surface area (Å²) in [7, 11) is 1.93. The lowest BCUT2D eigenvalue weighted by Gasteiger charge is -2.20. The van der Waals surface area contributed by atoms with Gasteiger partial charge < -0.3 is 10.6 Å². The van der Waals surface area contributed by atoms with Gasteiger partial charge in [-0.3, -0.25) is 4.99 Å². The van der Waals surface area contributed by atoms with E-state index in [-0.39, 0.29) is 6.04 Å². The summed E-state index contributed by atoms with van der Waals surface area (Å²) in [5.74, 6) is 0.555. The van der Waals surface area contributed by atoms with Crippen molar-refractivity contribution in [3.05, 3.63) is 29.8 Å². The summed E-state index contributed by atoms with van der Waals surface area (Å²) in [6, 6.07) is 8.34. The molecule has 1 rings (SSSR count). The quantitative estimate of drug-likeness (QED) is 0.593. The minimum absolute atomic E-state index is 0.219. The molecule has 0 radical (unpaired) electrons. The van der Waals surface area contributed by atoms with E-state index in [4.69, 9.17) is 5.73 Å². The molecule has 0 unspecified atom stereocenters. The number of nitrogens with zero attached hydrogens (tertiary/aromatic N) is 2. The smallest absolute Gasteiger partial charge is 0.195 e. The van der Waals surface area contributed by atoms with Crippen LogP contribution >= 0.6 is 0 Å². The van der Waals surface area contributed by atoms with E-state index in [0.29, 0.717) is 5.96 Å². The Morgan fingerprint density at radius 2 is 1.93 bits per heavy atom. The van der Waals surface area contributed by atoms with Crippen molar-refractivity contribution < 1.29 is 0 Å². The Balaban J connectivity index is 2.95. The summed E-state index contributed by atoms with van der Waals surface area (Å²) in [6.45, 7) is 6.09. The fraction of sp³-hybridized carbons (Fsp3) is 0.417. The van der Waals surface area contributed by atoms with E-state index in [1.165, 1.54) is 5.56 Å². The molecule has 82 valence electrons. The molecular weight excluding hydrogens is 186 g/mol. The van der Waals surface area contributed by atoms with Gasteiger partial charge >= 0.3 is 0 Å². The number of hydrogen-bond acceptors (Lipinski definition) is 1. The van der Waals surface area contributed by atoms with E-state index in [0.717, 1.165) is 5.69 Å². The molecule has 3 heteroatoms. The zero-order valence-electron chi connectivity index (χ0n) is 9.86. The molecule has 0 saturated heterocycles. The minimum Gasteiger partial charge on any atom is -0.370 e. The van der Waals surface area contributed by atoms with E-state index in [9.17, 15) is 0 Å². The van der Waals surface area contributed by atoms with Crippen molar-refractivity contribution >= 4 is 11.6 Å². The van der Waals surface area contributed by atoms with Crippen LogP contribution < -0.4 is 10.6 Å². The molecule has 3 nitrogen and oxygen atoms in total. The highest BCUT2D eigenvalue weighted by Crippen LogP contribution is 2.17. The lowest BCUT2D eigenvalue weighted by molar-refractivity contribution is 0.828. The van der Waals surface area contributed by atoms with Crippen molar-refractivity contribution in [2.75, 3.05) is 11.9 Å². The third-order valence-corrected chi connectivity index (χ3v) is 2.21. The van der Waals surface area contributed by atoms with E-state index < -0.39 is 0 Å². The van der Waals surface area contributed by atoms with Crippen molar-refractivity contribution in [2.45, 2.75) is 26.8 Å². The highest BCUT2D eigenvalue weighted by Gasteiger charge is 2.07. The van der Waals surface area contributed by atoms with Gasteiger partial charge in [0.05, 0.1) is 0 Å².